The van der Waals surface area contributed by atoms with Gasteiger partial charge in [-0.15, -0.1) is 0 Å². The first-order valence-electron chi connectivity index (χ1n) is 5.25. The lowest BCUT2D eigenvalue weighted by Gasteiger charge is -2.15. The molecule has 0 spiro atoms. The first-order valence-corrected chi connectivity index (χ1v) is 5.25. The molecule has 2 nitrogen and oxygen atoms in total. The van der Waals surface area contributed by atoms with Crippen LogP contribution in [0.4, 0.5) is 0 Å². The maximum Gasteiger partial charge on any atom is 0.163 e. The smallest absolute Gasteiger partial charge is 0.163 e. The third-order valence-electron chi connectivity index (χ3n) is 2.25. The minimum atomic E-state index is -0.409. The molecular formula is C13H18O2. The third kappa shape index (κ3) is 3.17. The van der Waals surface area contributed by atoms with Crippen molar-refractivity contribution >= 4 is 5.78 Å². The van der Waals surface area contributed by atoms with E-state index in [1.807, 2.05) is 32.9 Å². The second-order valence-electron chi connectivity index (χ2n) is 3.87. The van der Waals surface area contributed by atoms with Crippen molar-refractivity contribution in [3.63, 3.8) is 0 Å². The van der Waals surface area contributed by atoms with E-state index in [1.54, 1.807) is 6.92 Å². The molecule has 2 heteroatoms. The first-order chi connectivity index (χ1) is 7.04. The third-order valence-corrected chi connectivity index (χ3v) is 2.25. The molecule has 0 N–H and O–H groups in total. The van der Waals surface area contributed by atoms with Crippen LogP contribution in [0.3, 0.4) is 0 Å². The number of carbonyl (C=O) groups excluding carboxylic acids is 1. The number of hydrogen-bond donors (Lipinski definition) is 0. The van der Waals surface area contributed by atoms with Crippen LogP contribution in [0, 0.1) is 13.8 Å². The Labute approximate surface area is 91.3 Å². The van der Waals surface area contributed by atoms with Crippen molar-refractivity contribution in [2.24, 2.45) is 0 Å². The number of carbonyl (C=O) groups is 1. The van der Waals surface area contributed by atoms with Gasteiger partial charge in [0.15, 0.2) is 5.78 Å². The Bertz CT molecular complexity index is 335. The van der Waals surface area contributed by atoms with E-state index in [1.165, 1.54) is 0 Å². The van der Waals surface area contributed by atoms with E-state index in [9.17, 15) is 4.79 Å². The zero-order chi connectivity index (χ0) is 11.4. The van der Waals surface area contributed by atoms with Crippen LogP contribution in [0.25, 0.3) is 0 Å². The number of hydrogen-bond acceptors (Lipinski definition) is 2. The number of ketones is 1. The van der Waals surface area contributed by atoms with Crippen LogP contribution in [0.5, 0.6) is 0 Å². The Hall–Kier alpha value is -1.15. The molecule has 82 valence electrons. The Kier molecular flexibility index (Phi) is 4.04. The van der Waals surface area contributed by atoms with E-state index in [4.69, 9.17) is 4.74 Å². The van der Waals surface area contributed by atoms with Crippen molar-refractivity contribution in [2.75, 3.05) is 6.61 Å². The second kappa shape index (κ2) is 5.08. The Morgan fingerprint density at radius 3 is 2.20 bits per heavy atom. The summed E-state index contributed by atoms with van der Waals surface area (Å²) in [5.74, 6) is 0.0573. The summed E-state index contributed by atoms with van der Waals surface area (Å²) in [6.07, 6.45) is -0.409. The molecule has 1 aromatic carbocycles. The summed E-state index contributed by atoms with van der Waals surface area (Å²) in [6, 6.07) is 6.11. The molecule has 1 aromatic rings. The molecule has 0 aliphatic carbocycles. The number of ether oxygens (including phenoxy) is 1. The highest BCUT2D eigenvalue weighted by molar-refractivity contribution is 5.82. The van der Waals surface area contributed by atoms with Crippen molar-refractivity contribution < 1.29 is 9.53 Å². The predicted molar refractivity (Wildman–Crippen MR) is 61.0 cm³/mol. The van der Waals surface area contributed by atoms with Crippen molar-refractivity contribution in [3.05, 3.63) is 34.9 Å². The summed E-state index contributed by atoms with van der Waals surface area (Å²) in [7, 11) is 0. The van der Waals surface area contributed by atoms with E-state index in [2.05, 4.69) is 6.07 Å². The van der Waals surface area contributed by atoms with Crippen LogP contribution in [0.2, 0.25) is 0 Å². The molecule has 0 aromatic heterocycles. The van der Waals surface area contributed by atoms with Gasteiger partial charge in [-0.25, -0.2) is 0 Å². The van der Waals surface area contributed by atoms with Gasteiger partial charge >= 0.3 is 0 Å². The molecule has 0 bridgehead atoms. The Morgan fingerprint density at radius 2 is 1.80 bits per heavy atom. The minimum Gasteiger partial charge on any atom is -0.366 e. The fourth-order valence-corrected chi connectivity index (χ4v) is 1.78. The summed E-state index contributed by atoms with van der Waals surface area (Å²) in [6.45, 7) is 8.08. The highest BCUT2D eigenvalue weighted by Gasteiger charge is 2.16. The van der Waals surface area contributed by atoms with Crippen molar-refractivity contribution in [2.45, 2.75) is 33.8 Å². The highest BCUT2D eigenvalue weighted by Crippen LogP contribution is 2.21. The number of rotatable bonds is 4. The van der Waals surface area contributed by atoms with E-state index >= 15 is 0 Å². The van der Waals surface area contributed by atoms with E-state index in [0.717, 1.165) is 16.7 Å². The van der Waals surface area contributed by atoms with Gasteiger partial charge in [0.25, 0.3) is 0 Å². The van der Waals surface area contributed by atoms with Gasteiger partial charge in [-0.2, -0.15) is 0 Å². The molecule has 1 atom stereocenters. The molecule has 0 radical (unpaired) electrons. The lowest BCUT2D eigenvalue weighted by Crippen LogP contribution is -2.13. The predicted octanol–water partition coefficient (Wildman–Crippen LogP) is 2.97. The van der Waals surface area contributed by atoms with Crippen LogP contribution in [0.1, 0.15) is 36.6 Å². The molecule has 0 fully saturated rings. The van der Waals surface area contributed by atoms with Gasteiger partial charge in [0.2, 0.25) is 0 Å². The van der Waals surface area contributed by atoms with Crippen LogP contribution in [-0.2, 0) is 9.53 Å². The zero-order valence-electron chi connectivity index (χ0n) is 9.83. The molecule has 1 rings (SSSR count). The van der Waals surface area contributed by atoms with Crippen LogP contribution >= 0.6 is 0 Å². The normalized spacial score (nSPS) is 12.5. The van der Waals surface area contributed by atoms with Crippen molar-refractivity contribution in [1.82, 2.24) is 0 Å². The first kappa shape index (κ1) is 11.9. The van der Waals surface area contributed by atoms with Gasteiger partial charge in [-0.1, -0.05) is 29.3 Å². The molecule has 1 unspecified atom stereocenters. The molecule has 0 amide bonds. The molecule has 0 heterocycles. The lowest BCUT2D eigenvalue weighted by molar-refractivity contribution is -0.128. The fourth-order valence-electron chi connectivity index (χ4n) is 1.78. The van der Waals surface area contributed by atoms with Crippen LogP contribution < -0.4 is 0 Å². The summed E-state index contributed by atoms with van der Waals surface area (Å²) < 4.78 is 5.45. The number of Topliss-reactive ketones (excluding diaryl/α,β-unsaturated/α-hetero) is 1. The standard InChI is InChI=1S/C13H18O2/c1-5-15-13(11(4)14)12-7-9(2)6-10(3)8-12/h6-8,13H,5H2,1-4H3. The largest absolute Gasteiger partial charge is 0.366 e. The Morgan fingerprint density at radius 1 is 1.27 bits per heavy atom. The van der Waals surface area contributed by atoms with Crippen molar-refractivity contribution in [1.29, 1.82) is 0 Å². The fraction of sp³-hybridized carbons (Fsp3) is 0.462. The van der Waals surface area contributed by atoms with Gasteiger partial charge < -0.3 is 4.74 Å². The van der Waals surface area contributed by atoms with E-state index in [0.29, 0.717) is 6.61 Å². The second-order valence-corrected chi connectivity index (χ2v) is 3.87. The molecule has 0 saturated carbocycles. The van der Waals surface area contributed by atoms with Gasteiger partial charge in [0, 0.05) is 6.61 Å². The highest BCUT2D eigenvalue weighted by atomic mass is 16.5. The van der Waals surface area contributed by atoms with Gasteiger partial charge in [-0.3, -0.25) is 4.79 Å². The monoisotopic (exact) mass is 206 g/mol. The number of benzene rings is 1. The van der Waals surface area contributed by atoms with Gasteiger partial charge in [0.1, 0.15) is 6.10 Å². The molecule has 0 aliphatic heterocycles. The summed E-state index contributed by atoms with van der Waals surface area (Å²) in [4.78, 5) is 11.4. The van der Waals surface area contributed by atoms with E-state index in [-0.39, 0.29) is 5.78 Å². The summed E-state index contributed by atoms with van der Waals surface area (Å²) in [5.41, 5.74) is 3.29. The quantitative estimate of drug-likeness (QED) is 0.757. The molecular weight excluding hydrogens is 188 g/mol. The summed E-state index contributed by atoms with van der Waals surface area (Å²) >= 11 is 0. The zero-order valence-corrected chi connectivity index (χ0v) is 9.83. The molecule has 0 saturated heterocycles. The SMILES string of the molecule is CCOC(C(C)=O)c1cc(C)cc(C)c1. The van der Waals surface area contributed by atoms with Crippen LogP contribution in [-0.4, -0.2) is 12.4 Å². The van der Waals surface area contributed by atoms with Gasteiger partial charge in [-0.05, 0) is 33.3 Å². The maximum absolute atomic E-state index is 11.4. The summed E-state index contributed by atoms with van der Waals surface area (Å²) in [5, 5.41) is 0. The van der Waals surface area contributed by atoms with Crippen LogP contribution in [0.15, 0.2) is 18.2 Å². The Balaban J connectivity index is 3.05. The number of aryl methyl sites for hydroxylation is 2. The minimum absolute atomic E-state index is 0.0573. The van der Waals surface area contributed by atoms with E-state index < -0.39 is 6.10 Å². The maximum atomic E-state index is 11.4. The molecule has 15 heavy (non-hydrogen) atoms. The van der Waals surface area contributed by atoms with Crippen molar-refractivity contribution in [3.8, 4) is 0 Å². The molecule has 0 aliphatic rings. The lowest BCUT2D eigenvalue weighted by atomic mass is 10.0. The average molecular weight is 206 g/mol. The van der Waals surface area contributed by atoms with Gasteiger partial charge in [0.05, 0.1) is 0 Å². The topological polar surface area (TPSA) is 26.3 Å². The average Bonchev–Trinajstić information content (AvgIpc) is 2.11.